The highest BCUT2D eigenvalue weighted by Gasteiger charge is 2.22. The van der Waals surface area contributed by atoms with E-state index in [4.69, 9.17) is 0 Å². The molecule has 7 nitrogen and oxygen atoms in total. The minimum Gasteiger partial charge on any atom is -0.334 e. The molecule has 148 valence electrons. The molecule has 29 heavy (non-hydrogen) atoms. The maximum absolute atomic E-state index is 13.1. The molecule has 0 fully saturated rings. The lowest BCUT2D eigenvalue weighted by molar-refractivity contribution is 0.0773. The molecule has 3 heterocycles. The van der Waals surface area contributed by atoms with Gasteiger partial charge in [0.15, 0.2) is 10.7 Å². The largest absolute Gasteiger partial charge is 0.334 e. The maximum atomic E-state index is 13.1. The molecule has 0 aliphatic rings. The molecule has 0 N–H and O–H groups in total. The standard InChI is InChI=1S/C21H21N5O2S/c1-13-10-18(27)19(23-26(13)16-8-6-5-7-9-16)20(28)24(4)12-17-15(3)22-21-25(17)11-14(2)29-21/h5-11H,12H2,1-4H3. The van der Waals surface area contributed by atoms with Crippen LogP contribution in [0.4, 0.5) is 0 Å². The second-order valence-corrected chi connectivity index (χ2v) is 8.26. The van der Waals surface area contributed by atoms with E-state index in [2.05, 4.69) is 10.1 Å². The summed E-state index contributed by atoms with van der Waals surface area (Å²) in [7, 11) is 1.67. The quantitative estimate of drug-likeness (QED) is 0.521. The number of benzene rings is 1. The van der Waals surface area contributed by atoms with Gasteiger partial charge in [-0.05, 0) is 32.9 Å². The van der Waals surface area contributed by atoms with Crippen molar-refractivity contribution in [1.82, 2.24) is 24.1 Å². The second-order valence-electron chi connectivity index (χ2n) is 7.05. The molecular formula is C21H21N5O2S. The molecule has 4 rings (SSSR count). The summed E-state index contributed by atoms with van der Waals surface area (Å²) < 4.78 is 3.62. The fourth-order valence-corrected chi connectivity index (χ4v) is 4.19. The molecule has 0 spiro atoms. The lowest BCUT2D eigenvalue weighted by Gasteiger charge is -2.18. The summed E-state index contributed by atoms with van der Waals surface area (Å²) in [6.07, 6.45) is 2.01. The molecule has 0 bridgehead atoms. The summed E-state index contributed by atoms with van der Waals surface area (Å²) in [6.45, 7) is 6.08. The number of hydrogen-bond donors (Lipinski definition) is 0. The first kappa shape index (κ1) is 19.1. The summed E-state index contributed by atoms with van der Waals surface area (Å²) in [4.78, 5) is 33.7. The summed E-state index contributed by atoms with van der Waals surface area (Å²) in [5.74, 6) is -0.416. The van der Waals surface area contributed by atoms with Crippen LogP contribution in [0.3, 0.4) is 0 Å². The number of para-hydroxylation sites is 1. The topological polar surface area (TPSA) is 72.5 Å². The number of rotatable bonds is 4. The van der Waals surface area contributed by atoms with Crippen LogP contribution >= 0.6 is 11.3 Å². The highest BCUT2D eigenvalue weighted by atomic mass is 32.1. The molecule has 0 unspecified atom stereocenters. The number of carbonyl (C=O) groups is 1. The Kier molecular flexibility index (Phi) is 4.79. The van der Waals surface area contributed by atoms with E-state index < -0.39 is 5.91 Å². The number of fused-ring (bicyclic) bond motifs is 1. The zero-order valence-corrected chi connectivity index (χ0v) is 17.5. The van der Waals surface area contributed by atoms with E-state index in [0.717, 1.165) is 26.9 Å². The van der Waals surface area contributed by atoms with Gasteiger partial charge in [0.05, 0.1) is 23.6 Å². The first-order chi connectivity index (χ1) is 13.8. The van der Waals surface area contributed by atoms with Crippen LogP contribution in [0, 0.1) is 20.8 Å². The van der Waals surface area contributed by atoms with E-state index in [0.29, 0.717) is 12.2 Å². The number of thiazole rings is 1. The molecule has 0 aliphatic heterocycles. The average Bonchev–Trinajstić information content (AvgIpc) is 3.18. The minimum atomic E-state index is -0.416. The van der Waals surface area contributed by atoms with Crippen molar-refractivity contribution in [2.45, 2.75) is 27.3 Å². The third-order valence-corrected chi connectivity index (χ3v) is 5.68. The lowest BCUT2D eigenvalue weighted by atomic mass is 10.2. The van der Waals surface area contributed by atoms with Gasteiger partial charge in [-0.15, -0.1) is 11.3 Å². The van der Waals surface area contributed by atoms with Gasteiger partial charge in [0.25, 0.3) is 5.91 Å². The monoisotopic (exact) mass is 407 g/mol. The molecule has 4 aromatic rings. The van der Waals surface area contributed by atoms with Crippen LogP contribution in [-0.4, -0.2) is 37.0 Å². The highest BCUT2D eigenvalue weighted by molar-refractivity contribution is 7.17. The normalized spacial score (nSPS) is 11.2. The van der Waals surface area contributed by atoms with E-state index in [9.17, 15) is 9.59 Å². The third kappa shape index (κ3) is 3.47. The van der Waals surface area contributed by atoms with Gasteiger partial charge in [0, 0.05) is 29.9 Å². The van der Waals surface area contributed by atoms with Crippen LogP contribution in [0.1, 0.15) is 32.4 Å². The molecule has 0 saturated carbocycles. The Morgan fingerprint density at radius 1 is 1.17 bits per heavy atom. The number of aromatic nitrogens is 4. The summed E-state index contributed by atoms with van der Waals surface area (Å²) >= 11 is 1.61. The summed E-state index contributed by atoms with van der Waals surface area (Å²) in [6, 6.07) is 10.9. The molecule has 0 atom stereocenters. The van der Waals surface area contributed by atoms with Crippen molar-refractivity contribution in [1.29, 1.82) is 0 Å². The lowest BCUT2D eigenvalue weighted by Crippen LogP contribution is -2.33. The number of hydrogen-bond acceptors (Lipinski definition) is 5. The van der Waals surface area contributed by atoms with E-state index in [1.807, 2.05) is 54.8 Å². The van der Waals surface area contributed by atoms with Gasteiger partial charge in [0.1, 0.15) is 0 Å². The van der Waals surface area contributed by atoms with Gasteiger partial charge >= 0.3 is 0 Å². The predicted octanol–water partition coefficient (Wildman–Crippen LogP) is 3.14. The number of nitrogens with zero attached hydrogens (tertiary/aromatic N) is 5. The molecule has 0 radical (unpaired) electrons. The first-order valence-corrected chi connectivity index (χ1v) is 10.0. The SMILES string of the molecule is Cc1cn2c(CN(C)C(=O)c3nn(-c4ccccc4)c(C)cc3=O)c(C)nc2s1. The zero-order chi connectivity index (χ0) is 20.7. The van der Waals surface area contributed by atoms with E-state index in [1.165, 1.54) is 11.0 Å². The van der Waals surface area contributed by atoms with Gasteiger partial charge in [-0.1, -0.05) is 18.2 Å². The Morgan fingerprint density at radius 3 is 2.62 bits per heavy atom. The molecular weight excluding hydrogens is 386 g/mol. The van der Waals surface area contributed by atoms with Gasteiger partial charge in [0.2, 0.25) is 5.43 Å². The van der Waals surface area contributed by atoms with Crippen molar-refractivity contribution in [2.75, 3.05) is 7.05 Å². The van der Waals surface area contributed by atoms with E-state index in [1.54, 1.807) is 30.0 Å². The zero-order valence-electron chi connectivity index (χ0n) is 16.7. The Bertz CT molecular complexity index is 1270. The smallest absolute Gasteiger partial charge is 0.278 e. The van der Waals surface area contributed by atoms with Crippen molar-refractivity contribution in [3.8, 4) is 5.69 Å². The van der Waals surface area contributed by atoms with Gasteiger partial charge < -0.3 is 4.90 Å². The maximum Gasteiger partial charge on any atom is 0.278 e. The first-order valence-electron chi connectivity index (χ1n) is 9.21. The average molecular weight is 407 g/mol. The van der Waals surface area contributed by atoms with Crippen LogP contribution in [-0.2, 0) is 6.54 Å². The Balaban J connectivity index is 1.68. The van der Waals surface area contributed by atoms with Crippen LogP contribution < -0.4 is 5.43 Å². The molecule has 0 saturated heterocycles. The van der Waals surface area contributed by atoms with Gasteiger partial charge in [-0.2, -0.15) is 5.10 Å². The van der Waals surface area contributed by atoms with Crippen LogP contribution in [0.25, 0.3) is 10.6 Å². The molecule has 1 aromatic carbocycles. The van der Waals surface area contributed by atoms with Crippen LogP contribution in [0.5, 0.6) is 0 Å². The number of aryl methyl sites for hydroxylation is 3. The van der Waals surface area contributed by atoms with Crippen molar-refractivity contribution in [3.05, 3.63) is 80.5 Å². The number of carbonyl (C=O) groups excluding carboxylic acids is 1. The fourth-order valence-electron chi connectivity index (χ4n) is 3.30. The summed E-state index contributed by atoms with van der Waals surface area (Å²) in [5, 5.41) is 4.37. The van der Waals surface area contributed by atoms with Crippen LogP contribution in [0.15, 0.2) is 47.4 Å². The van der Waals surface area contributed by atoms with Crippen molar-refractivity contribution >= 4 is 22.2 Å². The molecule has 3 aromatic heterocycles. The van der Waals surface area contributed by atoms with Crippen LogP contribution in [0.2, 0.25) is 0 Å². The molecule has 1 amide bonds. The van der Waals surface area contributed by atoms with Crippen molar-refractivity contribution < 1.29 is 4.79 Å². The summed E-state index contributed by atoms with van der Waals surface area (Å²) in [5.41, 5.74) is 2.78. The Hall–Kier alpha value is -3.26. The second kappa shape index (κ2) is 7.29. The molecule has 8 heteroatoms. The van der Waals surface area contributed by atoms with Gasteiger partial charge in [-0.25, -0.2) is 9.67 Å². The van der Waals surface area contributed by atoms with E-state index >= 15 is 0 Å². The third-order valence-electron chi connectivity index (χ3n) is 4.79. The molecule has 0 aliphatic carbocycles. The Labute approximate surface area is 171 Å². The number of imidazole rings is 1. The highest BCUT2D eigenvalue weighted by Crippen LogP contribution is 2.21. The minimum absolute atomic E-state index is 0.0955. The number of amides is 1. The van der Waals surface area contributed by atoms with E-state index in [-0.39, 0.29) is 11.1 Å². The fraction of sp³-hybridized carbons (Fsp3) is 0.238. The predicted molar refractivity (Wildman–Crippen MR) is 113 cm³/mol. The Morgan fingerprint density at radius 2 is 1.90 bits per heavy atom. The van der Waals surface area contributed by atoms with Crippen molar-refractivity contribution in [2.24, 2.45) is 0 Å². The van der Waals surface area contributed by atoms with Crippen molar-refractivity contribution in [3.63, 3.8) is 0 Å². The van der Waals surface area contributed by atoms with Gasteiger partial charge in [-0.3, -0.25) is 14.0 Å².